The predicted octanol–water partition coefficient (Wildman–Crippen LogP) is -0.868. The number of hydrogen-bond acceptors (Lipinski definition) is 8. The molecule has 0 spiro atoms. The molecule has 3 aliphatic rings. The summed E-state index contributed by atoms with van der Waals surface area (Å²) in [5.41, 5.74) is 1.05. The zero-order chi connectivity index (χ0) is 21.4. The number of amides is 4. The lowest BCUT2D eigenvalue weighted by molar-refractivity contribution is -0.136. The molecule has 0 radical (unpaired) electrons. The molecule has 10 nitrogen and oxygen atoms in total. The van der Waals surface area contributed by atoms with Crippen LogP contribution >= 0.6 is 0 Å². The fraction of sp³-hybridized carbons (Fsp3) is 0.500. The molecule has 30 heavy (non-hydrogen) atoms. The number of aliphatic hydroxyl groups is 2. The number of anilines is 1. The minimum Gasteiger partial charge on any atom is -0.384 e. The molecule has 1 aromatic rings. The average molecular weight is 416 g/mol. The summed E-state index contributed by atoms with van der Waals surface area (Å²) in [4.78, 5) is 52.3. The number of hydrogen-bond donors (Lipinski definition) is 4. The maximum atomic E-state index is 13.0. The highest BCUT2D eigenvalue weighted by Gasteiger charge is 2.45. The molecule has 0 aliphatic carbocycles. The highest BCUT2D eigenvalue weighted by atomic mass is 16.5. The van der Waals surface area contributed by atoms with Gasteiger partial charge in [-0.05, 0) is 30.9 Å². The van der Waals surface area contributed by atoms with Crippen molar-refractivity contribution in [3.05, 3.63) is 29.3 Å². The maximum absolute atomic E-state index is 13.0. The lowest BCUT2D eigenvalue weighted by atomic mass is 9.96. The second-order valence-electron chi connectivity index (χ2n) is 7.96. The number of fused-ring (bicyclic) bond motifs is 1. The third-order valence-corrected chi connectivity index (χ3v) is 5.79. The van der Waals surface area contributed by atoms with Crippen molar-refractivity contribution in [2.45, 2.75) is 31.6 Å². The van der Waals surface area contributed by atoms with Crippen molar-refractivity contribution in [2.24, 2.45) is 5.92 Å². The molecule has 4 rings (SSSR count). The van der Waals surface area contributed by atoms with Crippen LogP contribution in [0.3, 0.4) is 0 Å². The third-order valence-electron chi connectivity index (χ3n) is 5.79. The molecule has 3 aliphatic heterocycles. The van der Waals surface area contributed by atoms with E-state index in [0.29, 0.717) is 18.2 Å². The Labute approximate surface area is 172 Å². The second-order valence-corrected chi connectivity index (χ2v) is 7.96. The number of nitrogens with one attached hydrogen (secondary N) is 2. The van der Waals surface area contributed by atoms with Crippen LogP contribution in [-0.4, -0.2) is 82.2 Å². The predicted molar refractivity (Wildman–Crippen MR) is 104 cm³/mol. The van der Waals surface area contributed by atoms with Crippen LogP contribution in [0.4, 0.5) is 5.69 Å². The Morgan fingerprint density at radius 1 is 1.13 bits per heavy atom. The smallest absolute Gasteiger partial charge is 0.264 e. The van der Waals surface area contributed by atoms with Gasteiger partial charge in [0, 0.05) is 38.3 Å². The van der Waals surface area contributed by atoms with Crippen molar-refractivity contribution >= 4 is 29.3 Å². The number of carbonyl (C=O) groups excluding carboxylic acids is 4. The molecule has 0 bridgehead atoms. The molecular weight excluding hydrogens is 392 g/mol. The lowest BCUT2D eigenvalue weighted by Gasteiger charge is -2.39. The minimum absolute atomic E-state index is 0.0840. The van der Waals surface area contributed by atoms with Gasteiger partial charge < -0.3 is 15.5 Å². The van der Waals surface area contributed by atoms with E-state index in [2.05, 4.69) is 10.6 Å². The van der Waals surface area contributed by atoms with Crippen molar-refractivity contribution in [2.75, 3.05) is 31.5 Å². The standard InChI is InChI=1S/C20H24N4O6/c25-15-5-4-14(18(28)22-15)24-19(29)12-2-1-3-13(17(12)20(24)30)21-7-6-11-8-23(9-11)10-16(26)27/h1-3,11,14,16,21,26-27H,4-10H2,(H,22,25,28). The summed E-state index contributed by atoms with van der Waals surface area (Å²) in [6.07, 6.45) is -0.284. The summed E-state index contributed by atoms with van der Waals surface area (Å²) >= 11 is 0. The number of rotatable bonds is 7. The van der Waals surface area contributed by atoms with Crippen LogP contribution in [0.15, 0.2) is 18.2 Å². The van der Waals surface area contributed by atoms with Crippen molar-refractivity contribution in [1.82, 2.24) is 15.1 Å². The Bertz CT molecular complexity index is 895. The zero-order valence-electron chi connectivity index (χ0n) is 16.3. The molecule has 4 amide bonds. The molecule has 2 saturated heterocycles. The Morgan fingerprint density at radius 3 is 2.60 bits per heavy atom. The monoisotopic (exact) mass is 416 g/mol. The van der Waals surface area contributed by atoms with Crippen molar-refractivity contribution < 1.29 is 29.4 Å². The van der Waals surface area contributed by atoms with Gasteiger partial charge in [0.1, 0.15) is 6.04 Å². The minimum atomic E-state index is -1.33. The number of piperidine rings is 1. The van der Waals surface area contributed by atoms with E-state index in [1.807, 2.05) is 4.90 Å². The number of nitrogens with zero attached hydrogens (tertiary/aromatic N) is 2. The molecule has 1 unspecified atom stereocenters. The first-order valence-corrected chi connectivity index (χ1v) is 10.0. The van der Waals surface area contributed by atoms with E-state index in [0.717, 1.165) is 24.4 Å². The molecule has 1 atom stereocenters. The van der Waals surface area contributed by atoms with E-state index in [9.17, 15) is 19.2 Å². The van der Waals surface area contributed by atoms with Crippen LogP contribution in [0.25, 0.3) is 0 Å². The van der Waals surface area contributed by atoms with Gasteiger partial charge in [0.05, 0.1) is 11.1 Å². The molecule has 0 saturated carbocycles. The van der Waals surface area contributed by atoms with Gasteiger partial charge in [0.25, 0.3) is 11.8 Å². The third kappa shape index (κ3) is 3.81. The largest absolute Gasteiger partial charge is 0.384 e. The van der Waals surface area contributed by atoms with Gasteiger partial charge >= 0.3 is 0 Å². The second kappa shape index (κ2) is 8.13. The van der Waals surface area contributed by atoms with Gasteiger partial charge in [-0.15, -0.1) is 0 Å². The van der Waals surface area contributed by atoms with Crippen LogP contribution in [-0.2, 0) is 9.59 Å². The van der Waals surface area contributed by atoms with Crippen LogP contribution in [0.5, 0.6) is 0 Å². The summed E-state index contributed by atoms with van der Waals surface area (Å²) < 4.78 is 0. The van der Waals surface area contributed by atoms with E-state index in [1.54, 1.807) is 18.2 Å². The molecule has 0 aromatic heterocycles. The van der Waals surface area contributed by atoms with Gasteiger partial charge in [-0.25, -0.2) is 0 Å². The van der Waals surface area contributed by atoms with Crippen molar-refractivity contribution in [3.63, 3.8) is 0 Å². The highest BCUT2D eigenvalue weighted by molar-refractivity contribution is 6.25. The molecular formula is C20H24N4O6. The quantitative estimate of drug-likeness (QED) is 0.332. The lowest BCUT2D eigenvalue weighted by Crippen LogP contribution is -2.54. The maximum Gasteiger partial charge on any atom is 0.264 e. The number of carbonyl (C=O) groups is 4. The first kappa shape index (κ1) is 20.5. The summed E-state index contributed by atoms with van der Waals surface area (Å²) in [6.45, 7) is 2.40. The Balaban J connectivity index is 1.40. The van der Waals surface area contributed by atoms with Crippen molar-refractivity contribution in [1.29, 1.82) is 0 Å². The number of benzene rings is 1. The number of aliphatic hydroxyl groups excluding tert-OH is 1. The van der Waals surface area contributed by atoms with E-state index in [-0.39, 0.29) is 30.5 Å². The molecule has 10 heteroatoms. The van der Waals surface area contributed by atoms with Gasteiger partial charge in [-0.1, -0.05) is 6.07 Å². The summed E-state index contributed by atoms with van der Waals surface area (Å²) in [5, 5.41) is 23.4. The van der Waals surface area contributed by atoms with Gasteiger partial charge in [-0.3, -0.25) is 34.3 Å². The average Bonchev–Trinajstić information content (AvgIpc) is 2.91. The fourth-order valence-electron chi connectivity index (χ4n) is 4.31. The molecule has 2 fully saturated rings. The first-order valence-electron chi connectivity index (χ1n) is 10.0. The van der Waals surface area contributed by atoms with Crippen molar-refractivity contribution in [3.8, 4) is 0 Å². The highest BCUT2D eigenvalue weighted by Crippen LogP contribution is 2.32. The number of β-amino-alcohol motifs (C(OH)–C–C–N with tert-alkyl or cyclic N) is 2. The van der Waals surface area contributed by atoms with Gasteiger partial charge in [0.15, 0.2) is 6.29 Å². The Hall–Kier alpha value is -2.82. The molecule has 1 aromatic carbocycles. The normalized spacial score (nSPS) is 22.4. The van der Waals surface area contributed by atoms with E-state index in [1.165, 1.54) is 0 Å². The SMILES string of the molecule is O=C1CCC(N2C(=O)c3cccc(NCCC4CN(CC(O)O)C4)c3C2=O)C(=O)N1. The van der Waals surface area contributed by atoms with Crippen LogP contribution in [0.1, 0.15) is 40.0 Å². The van der Waals surface area contributed by atoms with Crippen LogP contribution < -0.4 is 10.6 Å². The first-order chi connectivity index (χ1) is 14.3. The van der Waals surface area contributed by atoms with Crippen LogP contribution in [0.2, 0.25) is 0 Å². The fourth-order valence-corrected chi connectivity index (χ4v) is 4.31. The van der Waals surface area contributed by atoms with Gasteiger partial charge in [-0.2, -0.15) is 0 Å². The number of imide groups is 2. The molecule has 160 valence electrons. The zero-order valence-corrected chi connectivity index (χ0v) is 16.3. The van der Waals surface area contributed by atoms with Crippen LogP contribution in [0, 0.1) is 5.92 Å². The van der Waals surface area contributed by atoms with E-state index < -0.39 is 36.0 Å². The van der Waals surface area contributed by atoms with Gasteiger partial charge in [0.2, 0.25) is 11.8 Å². The number of likely N-dealkylation sites (tertiary alicyclic amines) is 1. The summed E-state index contributed by atoms with van der Waals surface area (Å²) in [7, 11) is 0. The molecule has 3 heterocycles. The Kier molecular flexibility index (Phi) is 5.54. The summed E-state index contributed by atoms with van der Waals surface area (Å²) in [5.74, 6) is -1.66. The van der Waals surface area contributed by atoms with E-state index in [4.69, 9.17) is 10.2 Å². The topological polar surface area (TPSA) is 139 Å². The van der Waals surface area contributed by atoms with E-state index >= 15 is 0 Å². The Morgan fingerprint density at radius 2 is 1.90 bits per heavy atom. The summed E-state index contributed by atoms with van der Waals surface area (Å²) in [6, 6.07) is 4.00. The molecule has 4 N–H and O–H groups in total.